The number of hydrogen-bond donors (Lipinski definition) is 2. The second kappa shape index (κ2) is 10.7. The lowest BCUT2D eigenvalue weighted by Crippen LogP contribution is -2.21. The van der Waals surface area contributed by atoms with Gasteiger partial charge in [0, 0.05) is 24.3 Å². The molecule has 1 aliphatic heterocycles. The molecule has 0 bridgehead atoms. The fourth-order valence-electron chi connectivity index (χ4n) is 4.82. The van der Waals surface area contributed by atoms with E-state index in [-0.39, 0.29) is 18.8 Å². The maximum atomic E-state index is 11.2. The molecule has 0 aliphatic carbocycles. The number of aliphatic hydroxyl groups is 1. The van der Waals surface area contributed by atoms with Crippen LogP contribution in [0.25, 0.3) is 22.3 Å². The average Bonchev–Trinajstić information content (AvgIpc) is 3.41. The van der Waals surface area contributed by atoms with Crippen LogP contribution in [0.1, 0.15) is 48.2 Å². The summed E-state index contributed by atoms with van der Waals surface area (Å²) >= 11 is 0. The van der Waals surface area contributed by atoms with E-state index in [1.807, 2.05) is 24.3 Å². The van der Waals surface area contributed by atoms with Gasteiger partial charge in [-0.1, -0.05) is 32.0 Å². The van der Waals surface area contributed by atoms with E-state index in [9.17, 15) is 15.0 Å². The topological polar surface area (TPSA) is 70.0 Å². The molecule has 5 nitrogen and oxygen atoms in total. The molecule has 0 amide bonds. The summed E-state index contributed by atoms with van der Waals surface area (Å²) in [6, 6.07) is 17.5. The van der Waals surface area contributed by atoms with E-state index in [0.29, 0.717) is 0 Å². The zero-order valence-electron chi connectivity index (χ0n) is 20.0. The Labute approximate surface area is 201 Å². The lowest BCUT2D eigenvalue weighted by atomic mass is 9.92. The van der Waals surface area contributed by atoms with Gasteiger partial charge in [-0.15, -0.1) is 0 Å². The summed E-state index contributed by atoms with van der Waals surface area (Å²) in [4.78, 5) is 13.8. The molecule has 0 saturated carbocycles. The molecule has 0 aromatic heterocycles. The van der Waals surface area contributed by atoms with Crippen molar-refractivity contribution < 1.29 is 19.7 Å². The van der Waals surface area contributed by atoms with Crippen molar-refractivity contribution in [2.45, 2.75) is 39.5 Å². The van der Waals surface area contributed by atoms with Crippen LogP contribution >= 0.6 is 0 Å². The molecule has 0 atom stereocenters. The summed E-state index contributed by atoms with van der Waals surface area (Å²) in [5.41, 5.74) is 8.37. The van der Waals surface area contributed by atoms with Crippen molar-refractivity contribution in [3.8, 4) is 28.0 Å². The fraction of sp³-hybridized carbons (Fsp3) is 0.345. The van der Waals surface area contributed by atoms with Crippen molar-refractivity contribution in [3.63, 3.8) is 0 Å². The number of hydrogen-bond acceptors (Lipinski definition) is 4. The molecule has 0 spiro atoms. The Hall–Kier alpha value is -3.31. The first kappa shape index (κ1) is 23.8. The molecular weight excluding hydrogens is 426 g/mol. The Bertz CT molecular complexity index is 1120. The number of nitrogens with zero attached hydrogens (tertiary/aromatic N) is 1. The van der Waals surface area contributed by atoms with Gasteiger partial charge in [0.15, 0.2) is 0 Å². The number of rotatable bonds is 9. The van der Waals surface area contributed by atoms with E-state index in [4.69, 9.17) is 4.74 Å². The van der Waals surface area contributed by atoms with Crippen molar-refractivity contribution in [3.05, 3.63) is 71.3 Å². The fourth-order valence-corrected chi connectivity index (χ4v) is 4.82. The molecule has 3 aromatic rings. The monoisotopic (exact) mass is 459 g/mol. The molecule has 2 N–H and O–H groups in total. The number of aliphatic hydroxyl groups excluding tert-OH is 1. The lowest BCUT2D eigenvalue weighted by Gasteiger charge is -2.26. The molecule has 1 saturated heterocycles. The van der Waals surface area contributed by atoms with Gasteiger partial charge in [-0.2, -0.15) is 0 Å². The molecule has 1 heterocycles. The molecule has 1 aliphatic rings. The highest BCUT2D eigenvalue weighted by atomic mass is 16.5. The van der Waals surface area contributed by atoms with Gasteiger partial charge < -0.3 is 19.8 Å². The van der Waals surface area contributed by atoms with Crippen LogP contribution in [-0.2, 0) is 12.8 Å². The highest BCUT2D eigenvalue weighted by Crippen LogP contribution is 2.39. The maximum Gasteiger partial charge on any atom is 0.335 e. The summed E-state index contributed by atoms with van der Waals surface area (Å²) in [7, 11) is 0. The van der Waals surface area contributed by atoms with Crippen LogP contribution in [0.2, 0.25) is 0 Å². The highest BCUT2D eigenvalue weighted by molar-refractivity contribution is 5.88. The Morgan fingerprint density at radius 1 is 0.882 bits per heavy atom. The lowest BCUT2D eigenvalue weighted by molar-refractivity contribution is 0.0697. The third-order valence-electron chi connectivity index (χ3n) is 6.56. The van der Waals surface area contributed by atoms with E-state index < -0.39 is 5.97 Å². The van der Waals surface area contributed by atoms with Gasteiger partial charge in [0.1, 0.15) is 12.4 Å². The van der Waals surface area contributed by atoms with Gasteiger partial charge in [-0.05, 0) is 89.9 Å². The Morgan fingerprint density at radius 2 is 1.50 bits per heavy atom. The van der Waals surface area contributed by atoms with Crippen LogP contribution in [0.4, 0.5) is 5.69 Å². The average molecular weight is 460 g/mol. The number of aryl methyl sites for hydroxylation is 2. The van der Waals surface area contributed by atoms with E-state index in [1.165, 1.54) is 29.7 Å². The first-order valence-corrected chi connectivity index (χ1v) is 12.2. The zero-order chi connectivity index (χ0) is 24.1. The van der Waals surface area contributed by atoms with Crippen molar-refractivity contribution in [2.75, 3.05) is 31.2 Å². The molecule has 34 heavy (non-hydrogen) atoms. The number of aromatic carboxylic acids is 1. The first-order valence-electron chi connectivity index (χ1n) is 12.2. The third kappa shape index (κ3) is 4.95. The molecule has 3 aromatic carbocycles. The van der Waals surface area contributed by atoms with Crippen molar-refractivity contribution in [1.82, 2.24) is 0 Å². The summed E-state index contributed by atoms with van der Waals surface area (Å²) in [5.74, 6) is -0.199. The van der Waals surface area contributed by atoms with Crippen molar-refractivity contribution in [2.24, 2.45) is 0 Å². The molecular formula is C29H33NO4. The van der Waals surface area contributed by atoms with Crippen LogP contribution in [0.15, 0.2) is 54.6 Å². The zero-order valence-corrected chi connectivity index (χ0v) is 20.0. The van der Waals surface area contributed by atoms with E-state index >= 15 is 0 Å². The number of carboxylic acid groups (broad SMARTS) is 1. The van der Waals surface area contributed by atoms with Gasteiger partial charge in [-0.3, -0.25) is 0 Å². The smallest absolute Gasteiger partial charge is 0.335 e. The Morgan fingerprint density at radius 3 is 2.06 bits per heavy atom. The molecule has 0 radical (unpaired) electrons. The Kier molecular flexibility index (Phi) is 7.53. The number of carbonyl (C=O) groups is 1. The standard InChI is InChI=1S/C29H33NO4/c1-3-20-17-25(18-21(4-2)28(20)30-13-5-6-14-30)26-19-24(11-12-27(26)34-16-15-31)22-7-9-23(10-8-22)29(32)33/h7-12,17-19,31H,3-6,13-16H2,1-2H3,(H,32,33). The normalized spacial score (nSPS) is 13.3. The SMILES string of the molecule is CCc1cc(-c2cc(-c3ccc(C(=O)O)cc3)ccc2OCCO)cc(CC)c1N1CCCC1. The molecule has 0 unspecified atom stereocenters. The molecule has 1 fully saturated rings. The van der Waals surface area contributed by atoms with E-state index in [2.05, 4.69) is 36.9 Å². The van der Waals surface area contributed by atoms with Gasteiger partial charge >= 0.3 is 5.97 Å². The number of benzene rings is 3. The van der Waals surface area contributed by atoms with Crippen molar-refractivity contribution >= 4 is 11.7 Å². The molecule has 4 rings (SSSR count). The summed E-state index contributed by atoms with van der Waals surface area (Å²) in [6.45, 7) is 6.83. The van der Waals surface area contributed by atoms with Crippen LogP contribution < -0.4 is 9.64 Å². The molecule has 178 valence electrons. The van der Waals surface area contributed by atoms with Crippen LogP contribution in [-0.4, -0.2) is 42.5 Å². The minimum Gasteiger partial charge on any atom is -0.491 e. The van der Waals surface area contributed by atoms with Crippen LogP contribution in [0.3, 0.4) is 0 Å². The second-order valence-electron chi connectivity index (χ2n) is 8.71. The number of anilines is 1. The predicted octanol–water partition coefficient (Wildman–Crippen LogP) is 5.81. The highest BCUT2D eigenvalue weighted by Gasteiger charge is 2.20. The van der Waals surface area contributed by atoms with Crippen molar-refractivity contribution in [1.29, 1.82) is 0 Å². The second-order valence-corrected chi connectivity index (χ2v) is 8.71. The van der Waals surface area contributed by atoms with E-state index in [0.717, 1.165) is 53.9 Å². The van der Waals surface area contributed by atoms with Crippen LogP contribution in [0, 0.1) is 0 Å². The minimum absolute atomic E-state index is 0.0494. The predicted molar refractivity (Wildman–Crippen MR) is 137 cm³/mol. The Balaban J connectivity index is 1.82. The minimum atomic E-state index is -0.933. The van der Waals surface area contributed by atoms with Gasteiger partial charge in [0.2, 0.25) is 0 Å². The maximum absolute atomic E-state index is 11.2. The van der Waals surface area contributed by atoms with Gasteiger partial charge in [0.05, 0.1) is 12.2 Å². The van der Waals surface area contributed by atoms with Crippen LogP contribution in [0.5, 0.6) is 5.75 Å². The number of ether oxygens (including phenoxy) is 1. The largest absolute Gasteiger partial charge is 0.491 e. The summed E-state index contributed by atoms with van der Waals surface area (Å²) in [5, 5.41) is 18.6. The summed E-state index contributed by atoms with van der Waals surface area (Å²) < 4.78 is 5.92. The van der Waals surface area contributed by atoms with Gasteiger partial charge in [0.25, 0.3) is 0 Å². The number of carboxylic acids is 1. The quantitative estimate of drug-likeness (QED) is 0.422. The van der Waals surface area contributed by atoms with Gasteiger partial charge in [-0.25, -0.2) is 4.79 Å². The first-order chi connectivity index (χ1) is 16.5. The molecule has 5 heteroatoms. The van der Waals surface area contributed by atoms with E-state index in [1.54, 1.807) is 12.1 Å². The summed E-state index contributed by atoms with van der Waals surface area (Å²) in [6.07, 6.45) is 4.40. The third-order valence-corrected chi connectivity index (χ3v) is 6.56.